The average Bonchev–Trinajstić information content (AvgIpc) is 3.12. The van der Waals surface area contributed by atoms with Crippen LogP contribution in [0, 0.1) is 20.4 Å². The van der Waals surface area contributed by atoms with Crippen molar-refractivity contribution in [2.45, 2.75) is 26.9 Å². The van der Waals surface area contributed by atoms with E-state index in [1.54, 1.807) is 33.8 Å². The van der Waals surface area contributed by atoms with Gasteiger partial charge in [0.05, 0.1) is 30.9 Å². The van der Waals surface area contributed by atoms with Gasteiger partial charge in [-0.2, -0.15) is 5.10 Å². The zero-order chi connectivity index (χ0) is 22.1. The highest BCUT2D eigenvalue weighted by Crippen LogP contribution is 2.30. The molecule has 0 bridgehead atoms. The number of rotatable bonds is 3. The van der Waals surface area contributed by atoms with E-state index in [0.29, 0.717) is 41.4 Å². The standard InChI is InChI=1S/C23H22N6O2/c1-14-10-15(2)12-16(11-14)21-20(22(24)30)19-13-28(8-9-29(19)27-21)23(31)26-18-6-4-17(25-3)5-7-18/h4-7,10-12H,8-9,13H2,1-2H3,(H2,24,30)(H,26,31). The molecule has 1 aliphatic rings. The lowest BCUT2D eigenvalue weighted by Crippen LogP contribution is -2.41. The number of aryl methyl sites for hydroxylation is 2. The number of nitrogens with one attached hydrogen (secondary N) is 1. The Hall–Kier alpha value is -4.12. The third-order valence-electron chi connectivity index (χ3n) is 5.26. The lowest BCUT2D eigenvalue weighted by atomic mass is 10.0. The van der Waals surface area contributed by atoms with Crippen molar-refractivity contribution in [2.75, 3.05) is 11.9 Å². The van der Waals surface area contributed by atoms with E-state index in [4.69, 9.17) is 12.3 Å². The van der Waals surface area contributed by atoms with Crippen LogP contribution in [0.2, 0.25) is 0 Å². The summed E-state index contributed by atoms with van der Waals surface area (Å²) in [5.41, 5.74) is 11.3. The third kappa shape index (κ3) is 3.98. The zero-order valence-electron chi connectivity index (χ0n) is 17.3. The number of nitrogens with zero attached hydrogens (tertiary/aromatic N) is 4. The second-order valence-corrected chi connectivity index (χ2v) is 7.64. The Morgan fingerprint density at radius 2 is 1.77 bits per heavy atom. The van der Waals surface area contributed by atoms with Crippen molar-refractivity contribution in [3.05, 3.63) is 76.3 Å². The number of fused-ring (bicyclic) bond motifs is 1. The Labute approximate surface area is 180 Å². The van der Waals surface area contributed by atoms with Crippen molar-refractivity contribution in [3.63, 3.8) is 0 Å². The van der Waals surface area contributed by atoms with Gasteiger partial charge in [-0.15, -0.1) is 0 Å². The van der Waals surface area contributed by atoms with E-state index in [1.165, 1.54) is 0 Å². The molecule has 1 aliphatic heterocycles. The van der Waals surface area contributed by atoms with Gasteiger partial charge in [0.1, 0.15) is 5.69 Å². The Morgan fingerprint density at radius 3 is 2.39 bits per heavy atom. The van der Waals surface area contributed by atoms with Crippen molar-refractivity contribution in [2.24, 2.45) is 5.73 Å². The SMILES string of the molecule is [C-]#[N+]c1ccc(NC(=O)N2CCn3nc(-c4cc(C)cc(C)c4)c(C(N)=O)c3C2)cc1. The van der Waals surface area contributed by atoms with Gasteiger partial charge in [0.15, 0.2) is 5.69 Å². The molecule has 1 aromatic heterocycles. The fraction of sp³-hybridized carbons (Fsp3) is 0.217. The van der Waals surface area contributed by atoms with Gasteiger partial charge in [0.2, 0.25) is 0 Å². The van der Waals surface area contributed by atoms with Crippen molar-refractivity contribution in [1.82, 2.24) is 14.7 Å². The first kappa shape index (κ1) is 20.2. The quantitative estimate of drug-likeness (QED) is 0.637. The molecular formula is C23H22N6O2. The first-order valence-corrected chi connectivity index (χ1v) is 9.87. The van der Waals surface area contributed by atoms with E-state index in [-0.39, 0.29) is 12.6 Å². The number of urea groups is 1. The predicted octanol–water partition coefficient (Wildman–Crippen LogP) is 3.86. The highest BCUT2D eigenvalue weighted by Gasteiger charge is 2.29. The van der Waals surface area contributed by atoms with E-state index in [0.717, 1.165) is 16.7 Å². The van der Waals surface area contributed by atoms with Crippen LogP contribution in [0.25, 0.3) is 16.1 Å². The predicted molar refractivity (Wildman–Crippen MR) is 118 cm³/mol. The van der Waals surface area contributed by atoms with Gasteiger partial charge >= 0.3 is 6.03 Å². The minimum Gasteiger partial charge on any atom is -0.365 e. The molecule has 0 saturated carbocycles. The summed E-state index contributed by atoms with van der Waals surface area (Å²) in [6, 6.07) is 12.4. The second-order valence-electron chi connectivity index (χ2n) is 7.64. The number of hydrogen-bond donors (Lipinski definition) is 2. The molecule has 0 spiro atoms. The van der Waals surface area contributed by atoms with Gasteiger partial charge < -0.3 is 16.0 Å². The van der Waals surface area contributed by atoms with Gasteiger partial charge in [-0.1, -0.05) is 29.3 Å². The minimum absolute atomic E-state index is 0.224. The van der Waals surface area contributed by atoms with Gasteiger partial charge in [0.25, 0.3) is 5.91 Å². The van der Waals surface area contributed by atoms with Crippen LogP contribution in [0.15, 0.2) is 42.5 Å². The van der Waals surface area contributed by atoms with Gasteiger partial charge in [-0.3, -0.25) is 9.48 Å². The van der Waals surface area contributed by atoms with Gasteiger partial charge in [0, 0.05) is 17.8 Å². The maximum atomic E-state index is 12.8. The van der Waals surface area contributed by atoms with Crippen LogP contribution in [-0.2, 0) is 13.1 Å². The Morgan fingerprint density at radius 1 is 1.10 bits per heavy atom. The second kappa shape index (κ2) is 7.95. The number of anilines is 1. The maximum Gasteiger partial charge on any atom is 0.322 e. The average molecular weight is 414 g/mol. The number of carbonyl (C=O) groups excluding carboxylic acids is 2. The summed E-state index contributed by atoms with van der Waals surface area (Å²) in [6.07, 6.45) is 0. The summed E-state index contributed by atoms with van der Waals surface area (Å²) in [5, 5.41) is 7.48. The van der Waals surface area contributed by atoms with Crippen molar-refractivity contribution < 1.29 is 9.59 Å². The molecular weight excluding hydrogens is 392 g/mol. The first-order valence-electron chi connectivity index (χ1n) is 9.87. The molecule has 0 aliphatic carbocycles. The number of amides is 3. The lowest BCUT2D eigenvalue weighted by molar-refractivity contribution is 0.0997. The molecule has 31 heavy (non-hydrogen) atoms. The minimum atomic E-state index is -0.563. The smallest absolute Gasteiger partial charge is 0.322 e. The number of aromatic nitrogens is 2. The lowest BCUT2D eigenvalue weighted by Gasteiger charge is -2.28. The third-order valence-corrected chi connectivity index (χ3v) is 5.26. The Balaban J connectivity index is 1.62. The number of carbonyl (C=O) groups is 2. The summed E-state index contributed by atoms with van der Waals surface area (Å²) >= 11 is 0. The van der Waals surface area contributed by atoms with Crippen molar-refractivity contribution in [1.29, 1.82) is 0 Å². The van der Waals surface area contributed by atoms with Crippen LogP contribution in [0.4, 0.5) is 16.2 Å². The molecule has 4 rings (SSSR count). The van der Waals surface area contributed by atoms with Gasteiger partial charge in [-0.25, -0.2) is 9.64 Å². The fourth-order valence-electron chi connectivity index (χ4n) is 3.89. The van der Waals surface area contributed by atoms with Crippen LogP contribution in [0.1, 0.15) is 27.2 Å². The summed E-state index contributed by atoms with van der Waals surface area (Å²) in [7, 11) is 0. The molecule has 8 nitrogen and oxygen atoms in total. The first-order chi connectivity index (χ1) is 14.9. The molecule has 8 heteroatoms. The molecule has 0 saturated heterocycles. The maximum absolute atomic E-state index is 12.8. The molecule has 3 aromatic rings. The van der Waals surface area contributed by atoms with E-state index in [1.807, 2.05) is 26.0 Å². The Kier molecular flexibility index (Phi) is 5.17. The Bertz CT molecular complexity index is 1200. The summed E-state index contributed by atoms with van der Waals surface area (Å²) in [5.74, 6) is -0.563. The molecule has 0 atom stereocenters. The largest absolute Gasteiger partial charge is 0.365 e. The van der Waals surface area contributed by atoms with Crippen molar-refractivity contribution >= 4 is 23.3 Å². The summed E-state index contributed by atoms with van der Waals surface area (Å²) in [6.45, 7) is 12.1. The van der Waals surface area contributed by atoms with Crippen LogP contribution in [0.5, 0.6) is 0 Å². The topological polar surface area (TPSA) is 97.6 Å². The molecule has 2 heterocycles. The highest BCUT2D eigenvalue weighted by molar-refractivity contribution is 6.00. The zero-order valence-corrected chi connectivity index (χ0v) is 17.3. The van der Waals surface area contributed by atoms with Gasteiger partial charge in [-0.05, 0) is 38.1 Å². The number of benzene rings is 2. The molecule has 0 fully saturated rings. The van der Waals surface area contributed by atoms with E-state index < -0.39 is 5.91 Å². The molecule has 2 aromatic carbocycles. The molecule has 3 N–H and O–H groups in total. The van der Waals surface area contributed by atoms with Crippen molar-refractivity contribution in [3.8, 4) is 11.3 Å². The van der Waals surface area contributed by atoms with Crippen LogP contribution in [0.3, 0.4) is 0 Å². The summed E-state index contributed by atoms with van der Waals surface area (Å²) in [4.78, 5) is 30.1. The van der Waals surface area contributed by atoms with Crippen LogP contribution < -0.4 is 11.1 Å². The number of nitrogens with two attached hydrogens (primary N) is 1. The van der Waals surface area contributed by atoms with Crippen LogP contribution >= 0.6 is 0 Å². The molecule has 0 unspecified atom stereocenters. The number of hydrogen-bond acceptors (Lipinski definition) is 3. The van der Waals surface area contributed by atoms with E-state index in [9.17, 15) is 9.59 Å². The normalized spacial score (nSPS) is 12.7. The molecule has 156 valence electrons. The fourth-order valence-corrected chi connectivity index (χ4v) is 3.89. The highest BCUT2D eigenvalue weighted by atomic mass is 16.2. The van der Waals surface area contributed by atoms with Crippen LogP contribution in [-0.4, -0.2) is 33.2 Å². The number of primary amides is 1. The van der Waals surface area contributed by atoms with E-state index >= 15 is 0 Å². The monoisotopic (exact) mass is 414 g/mol. The molecule has 3 amide bonds. The summed E-state index contributed by atoms with van der Waals surface area (Å²) < 4.78 is 1.77. The molecule has 0 radical (unpaired) electrons. The van der Waals surface area contributed by atoms with E-state index in [2.05, 4.69) is 21.3 Å².